The number of nitrogens with zero attached hydrogens (tertiary/aromatic N) is 4. The fourth-order valence-corrected chi connectivity index (χ4v) is 2.10. The molecule has 0 saturated heterocycles. The van der Waals surface area contributed by atoms with Crippen molar-refractivity contribution in [1.29, 1.82) is 0 Å². The van der Waals surface area contributed by atoms with Crippen LogP contribution in [-0.4, -0.2) is 20.0 Å². The average molecular weight is 265 g/mol. The number of nitrogen functional groups attached to an aromatic ring is 1. The Bertz CT molecular complexity index is 746. The molecule has 2 heterocycles. The Balaban J connectivity index is 2.14. The second kappa shape index (κ2) is 4.77. The van der Waals surface area contributed by atoms with Crippen LogP contribution in [0.1, 0.15) is 11.1 Å². The standard InChI is InChI=1S/C15H15N5/c1-10-6-7-11(2)13(9-10)20-15(16)14(18-19-20)12-5-3-4-8-17-12/h3-9H,16H2,1-2H3. The highest BCUT2D eigenvalue weighted by Gasteiger charge is 2.15. The molecule has 5 heteroatoms. The van der Waals surface area contributed by atoms with E-state index in [1.54, 1.807) is 10.9 Å². The van der Waals surface area contributed by atoms with Gasteiger partial charge >= 0.3 is 0 Å². The van der Waals surface area contributed by atoms with E-state index in [0.29, 0.717) is 11.5 Å². The van der Waals surface area contributed by atoms with E-state index < -0.39 is 0 Å². The van der Waals surface area contributed by atoms with Crippen LogP contribution >= 0.6 is 0 Å². The van der Waals surface area contributed by atoms with Crippen molar-refractivity contribution >= 4 is 5.82 Å². The van der Waals surface area contributed by atoms with Gasteiger partial charge in [-0.15, -0.1) is 5.10 Å². The Labute approximate surface area is 117 Å². The SMILES string of the molecule is Cc1ccc(C)c(-n2nnc(-c3ccccn3)c2N)c1. The number of nitrogens with two attached hydrogens (primary N) is 1. The topological polar surface area (TPSA) is 69.6 Å². The maximum atomic E-state index is 6.18. The highest BCUT2D eigenvalue weighted by Crippen LogP contribution is 2.25. The zero-order chi connectivity index (χ0) is 14.1. The smallest absolute Gasteiger partial charge is 0.157 e. The monoisotopic (exact) mass is 265 g/mol. The summed E-state index contributed by atoms with van der Waals surface area (Å²) in [5.74, 6) is 0.498. The molecule has 5 nitrogen and oxygen atoms in total. The molecule has 0 bridgehead atoms. The van der Waals surface area contributed by atoms with Crippen molar-refractivity contribution < 1.29 is 0 Å². The summed E-state index contributed by atoms with van der Waals surface area (Å²) < 4.78 is 1.66. The van der Waals surface area contributed by atoms with Gasteiger partial charge in [-0.1, -0.05) is 23.4 Å². The first-order valence-electron chi connectivity index (χ1n) is 6.37. The molecule has 100 valence electrons. The molecule has 0 aliphatic rings. The maximum Gasteiger partial charge on any atom is 0.157 e. The summed E-state index contributed by atoms with van der Waals surface area (Å²) in [4.78, 5) is 4.26. The number of aryl methyl sites for hydroxylation is 2. The lowest BCUT2D eigenvalue weighted by Crippen LogP contribution is -2.04. The molecule has 0 atom stereocenters. The van der Waals surface area contributed by atoms with E-state index in [4.69, 9.17) is 5.73 Å². The molecular weight excluding hydrogens is 250 g/mol. The predicted molar refractivity (Wildman–Crippen MR) is 78.5 cm³/mol. The van der Waals surface area contributed by atoms with E-state index in [0.717, 1.165) is 22.5 Å². The molecule has 0 radical (unpaired) electrons. The summed E-state index contributed by atoms with van der Waals surface area (Å²) in [5, 5.41) is 8.32. The summed E-state index contributed by atoms with van der Waals surface area (Å²) in [6.07, 6.45) is 1.71. The van der Waals surface area contributed by atoms with Crippen molar-refractivity contribution in [2.75, 3.05) is 5.73 Å². The van der Waals surface area contributed by atoms with Gasteiger partial charge in [0.1, 0.15) is 0 Å². The minimum absolute atomic E-state index is 0.498. The van der Waals surface area contributed by atoms with Gasteiger partial charge in [0.2, 0.25) is 0 Å². The predicted octanol–water partition coefficient (Wildman–Crippen LogP) is 2.53. The summed E-state index contributed by atoms with van der Waals surface area (Å²) in [5.41, 5.74) is 10.7. The highest BCUT2D eigenvalue weighted by atomic mass is 15.5. The normalized spacial score (nSPS) is 10.7. The number of benzene rings is 1. The van der Waals surface area contributed by atoms with Crippen molar-refractivity contribution in [1.82, 2.24) is 20.0 Å². The number of rotatable bonds is 2. The Hall–Kier alpha value is -2.69. The van der Waals surface area contributed by atoms with Crippen LogP contribution in [0.25, 0.3) is 17.1 Å². The number of hydrogen-bond acceptors (Lipinski definition) is 4. The third kappa shape index (κ3) is 2.03. The lowest BCUT2D eigenvalue weighted by Gasteiger charge is -2.08. The van der Waals surface area contributed by atoms with Crippen LogP contribution in [0, 0.1) is 13.8 Å². The molecular formula is C15H15N5. The lowest BCUT2D eigenvalue weighted by molar-refractivity contribution is 0.804. The van der Waals surface area contributed by atoms with Crippen molar-refractivity contribution in [3.05, 3.63) is 53.7 Å². The number of anilines is 1. The van der Waals surface area contributed by atoms with Gasteiger partial charge in [0, 0.05) is 6.20 Å². The Morgan fingerprint density at radius 1 is 1.10 bits per heavy atom. The third-order valence-electron chi connectivity index (χ3n) is 3.21. The van der Waals surface area contributed by atoms with Crippen LogP contribution < -0.4 is 5.73 Å². The van der Waals surface area contributed by atoms with Crippen LogP contribution in [0.3, 0.4) is 0 Å². The van der Waals surface area contributed by atoms with Crippen molar-refractivity contribution in [3.63, 3.8) is 0 Å². The Morgan fingerprint density at radius 3 is 2.70 bits per heavy atom. The van der Waals surface area contributed by atoms with Gasteiger partial charge in [-0.05, 0) is 43.2 Å². The fraction of sp³-hybridized carbons (Fsp3) is 0.133. The average Bonchev–Trinajstić information content (AvgIpc) is 2.84. The molecule has 0 amide bonds. The molecule has 0 saturated carbocycles. The summed E-state index contributed by atoms with van der Waals surface area (Å²) in [7, 11) is 0. The van der Waals surface area contributed by atoms with E-state index in [1.807, 2.05) is 44.2 Å². The van der Waals surface area contributed by atoms with Gasteiger partial charge < -0.3 is 5.73 Å². The second-order valence-corrected chi connectivity index (χ2v) is 4.74. The minimum Gasteiger partial charge on any atom is -0.382 e. The van der Waals surface area contributed by atoms with Crippen LogP contribution in [0.4, 0.5) is 5.82 Å². The van der Waals surface area contributed by atoms with E-state index >= 15 is 0 Å². The molecule has 0 fully saturated rings. The second-order valence-electron chi connectivity index (χ2n) is 4.74. The van der Waals surface area contributed by atoms with Gasteiger partial charge in [0.05, 0.1) is 11.4 Å². The first kappa shape index (κ1) is 12.3. The molecule has 3 rings (SSSR count). The number of hydrogen-bond donors (Lipinski definition) is 1. The van der Waals surface area contributed by atoms with Crippen molar-refractivity contribution in [3.8, 4) is 17.1 Å². The van der Waals surface area contributed by atoms with Crippen LogP contribution in [0.5, 0.6) is 0 Å². The lowest BCUT2D eigenvalue weighted by atomic mass is 10.1. The quantitative estimate of drug-likeness (QED) is 0.773. The van der Waals surface area contributed by atoms with Gasteiger partial charge in [0.15, 0.2) is 11.5 Å². The molecule has 0 spiro atoms. The maximum absolute atomic E-state index is 6.18. The van der Waals surface area contributed by atoms with E-state index in [1.165, 1.54) is 0 Å². The Kier molecular flexibility index (Phi) is 2.95. The first-order valence-corrected chi connectivity index (χ1v) is 6.37. The van der Waals surface area contributed by atoms with Gasteiger partial charge in [-0.25, -0.2) is 0 Å². The molecule has 3 aromatic rings. The summed E-state index contributed by atoms with van der Waals surface area (Å²) in [6, 6.07) is 11.8. The summed E-state index contributed by atoms with van der Waals surface area (Å²) in [6.45, 7) is 4.06. The summed E-state index contributed by atoms with van der Waals surface area (Å²) >= 11 is 0. The van der Waals surface area contributed by atoms with Crippen LogP contribution in [0.2, 0.25) is 0 Å². The van der Waals surface area contributed by atoms with E-state index in [-0.39, 0.29) is 0 Å². The van der Waals surface area contributed by atoms with Gasteiger partial charge in [-0.3, -0.25) is 4.98 Å². The number of pyridine rings is 1. The molecule has 1 aromatic carbocycles. The van der Waals surface area contributed by atoms with Crippen LogP contribution in [0.15, 0.2) is 42.6 Å². The molecule has 20 heavy (non-hydrogen) atoms. The van der Waals surface area contributed by atoms with Crippen molar-refractivity contribution in [2.24, 2.45) is 0 Å². The molecule has 0 aliphatic carbocycles. The van der Waals surface area contributed by atoms with E-state index in [9.17, 15) is 0 Å². The fourth-order valence-electron chi connectivity index (χ4n) is 2.10. The largest absolute Gasteiger partial charge is 0.382 e. The van der Waals surface area contributed by atoms with Crippen molar-refractivity contribution in [2.45, 2.75) is 13.8 Å². The molecule has 2 aromatic heterocycles. The molecule has 0 aliphatic heterocycles. The van der Waals surface area contributed by atoms with E-state index in [2.05, 4.69) is 21.4 Å². The molecule has 2 N–H and O–H groups in total. The minimum atomic E-state index is 0.498. The van der Waals surface area contributed by atoms with Crippen LogP contribution in [-0.2, 0) is 0 Å². The van der Waals surface area contributed by atoms with Gasteiger partial charge in [-0.2, -0.15) is 4.68 Å². The molecule has 0 unspecified atom stereocenters. The first-order chi connectivity index (χ1) is 9.66. The number of aromatic nitrogens is 4. The zero-order valence-electron chi connectivity index (χ0n) is 11.4. The third-order valence-corrected chi connectivity index (χ3v) is 3.21. The Morgan fingerprint density at radius 2 is 1.95 bits per heavy atom. The highest BCUT2D eigenvalue weighted by molar-refractivity contribution is 5.68. The van der Waals surface area contributed by atoms with Gasteiger partial charge in [0.25, 0.3) is 0 Å². The zero-order valence-corrected chi connectivity index (χ0v) is 11.4.